The molecule has 0 fully saturated rings. The molecule has 142 valence electrons. The van der Waals surface area contributed by atoms with Gasteiger partial charge >= 0.3 is 0 Å². The average Bonchev–Trinajstić information content (AvgIpc) is 2.68. The Hall–Kier alpha value is -2.53. The van der Waals surface area contributed by atoms with E-state index in [0.717, 1.165) is 11.3 Å². The molecule has 6 heteroatoms. The van der Waals surface area contributed by atoms with E-state index in [1.807, 2.05) is 26.0 Å². The Morgan fingerprint density at radius 1 is 1.15 bits per heavy atom. The molecule has 0 bridgehead atoms. The largest absolute Gasteiger partial charge is 0.492 e. The fraction of sp³-hybridized carbons (Fsp3) is 0.333. The van der Waals surface area contributed by atoms with Crippen LogP contribution in [-0.2, 0) is 11.2 Å². The van der Waals surface area contributed by atoms with Gasteiger partial charge in [-0.1, -0.05) is 11.6 Å². The van der Waals surface area contributed by atoms with Gasteiger partial charge in [0.05, 0.1) is 5.92 Å². The number of benzene rings is 2. The summed E-state index contributed by atoms with van der Waals surface area (Å²) in [5, 5.41) is 3.53. The molecular formula is C21H23ClN2O3. The van der Waals surface area contributed by atoms with Crippen molar-refractivity contribution < 1.29 is 14.3 Å². The smallest absolute Gasteiger partial charge is 0.253 e. The molecule has 0 aliphatic carbocycles. The van der Waals surface area contributed by atoms with Gasteiger partial charge in [0, 0.05) is 29.4 Å². The predicted molar refractivity (Wildman–Crippen MR) is 106 cm³/mol. The van der Waals surface area contributed by atoms with E-state index >= 15 is 0 Å². The lowest BCUT2D eigenvalue weighted by molar-refractivity contribution is -0.121. The maximum absolute atomic E-state index is 12.6. The molecule has 2 aromatic rings. The normalized spacial score (nSPS) is 15.4. The minimum absolute atomic E-state index is 0.00737. The Morgan fingerprint density at radius 3 is 2.52 bits per heavy atom. The Morgan fingerprint density at radius 2 is 1.85 bits per heavy atom. The van der Waals surface area contributed by atoms with Crippen LogP contribution < -0.4 is 10.1 Å². The number of rotatable bonds is 5. The summed E-state index contributed by atoms with van der Waals surface area (Å²) in [6.07, 6.45) is 0.584. The number of ether oxygens (including phenoxy) is 1. The lowest BCUT2D eigenvalue weighted by Crippen LogP contribution is -2.32. The highest BCUT2D eigenvalue weighted by Gasteiger charge is 2.26. The summed E-state index contributed by atoms with van der Waals surface area (Å²) in [6.45, 7) is 5.57. The maximum atomic E-state index is 12.6. The third kappa shape index (κ3) is 4.42. The zero-order chi connectivity index (χ0) is 19.4. The Balaban J connectivity index is 1.64. The fourth-order valence-corrected chi connectivity index (χ4v) is 3.36. The summed E-state index contributed by atoms with van der Waals surface area (Å²) in [4.78, 5) is 26.7. The number of hydrogen-bond donors (Lipinski definition) is 1. The summed E-state index contributed by atoms with van der Waals surface area (Å²) >= 11 is 6.03. The molecule has 2 amide bonds. The van der Waals surface area contributed by atoms with Gasteiger partial charge in [0.15, 0.2) is 0 Å². The molecule has 3 rings (SSSR count). The molecule has 0 aromatic heterocycles. The van der Waals surface area contributed by atoms with Gasteiger partial charge in [0.1, 0.15) is 12.4 Å². The average molecular weight is 387 g/mol. The number of carbonyl (C=O) groups excluding carboxylic acids is 2. The van der Waals surface area contributed by atoms with Crippen LogP contribution in [0.2, 0.25) is 5.02 Å². The second-order valence-electron chi connectivity index (χ2n) is 6.51. The molecule has 27 heavy (non-hydrogen) atoms. The van der Waals surface area contributed by atoms with Crippen molar-refractivity contribution in [1.82, 2.24) is 4.90 Å². The third-order valence-corrected chi connectivity index (χ3v) is 4.98. The van der Waals surface area contributed by atoms with Crippen LogP contribution in [0, 0.1) is 5.92 Å². The van der Waals surface area contributed by atoms with Crippen LogP contribution in [-0.4, -0.2) is 36.4 Å². The van der Waals surface area contributed by atoms with E-state index in [1.165, 1.54) is 0 Å². The van der Waals surface area contributed by atoms with E-state index in [1.54, 1.807) is 35.2 Å². The third-order valence-electron chi connectivity index (χ3n) is 4.75. The highest BCUT2D eigenvalue weighted by Crippen LogP contribution is 2.30. The zero-order valence-electron chi connectivity index (χ0n) is 15.5. The van der Waals surface area contributed by atoms with E-state index in [9.17, 15) is 9.59 Å². The topological polar surface area (TPSA) is 58.6 Å². The molecule has 0 spiro atoms. The minimum Gasteiger partial charge on any atom is -0.492 e. The first kappa shape index (κ1) is 19.2. The Labute approximate surface area is 164 Å². The molecule has 1 N–H and O–H groups in total. The second kappa shape index (κ2) is 8.44. The van der Waals surface area contributed by atoms with Crippen molar-refractivity contribution in [2.45, 2.75) is 20.3 Å². The van der Waals surface area contributed by atoms with Crippen molar-refractivity contribution in [2.75, 3.05) is 25.0 Å². The number of fused-ring (bicyclic) bond motifs is 1. The molecule has 1 aliphatic heterocycles. The van der Waals surface area contributed by atoms with Gasteiger partial charge in [0.25, 0.3) is 5.91 Å². The number of carbonyl (C=O) groups is 2. The van der Waals surface area contributed by atoms with Gasteiger partial charge in [-0.2, -0.15) is 0 Å². The molecule has 0 unspecified atom stereocenters. The minimum atomic E-state index is -0.284. The summed E-state index contributed by atoms with van der Waals surface area (Å²) < 4.78 is 5.68. The number of nitrogens with one attached hydrogen (secondary N) is 1. The van der Waals surface area contributed by atoms with Crippen LogP contribution in [0.1, 0.15) is 29.8 Å². The van der Waals surface area contributed by atoms with E-state index < -0.39 is 0 Å². The molecule has 0 radical (unpaired) electrons. The summed E-state index contributed by atoms with van der Waals surface area (Å²) in [5.74, 6) is 0.381. The lowest BCUT2D eigenvalue weighted by atomic mass is 9.96. The van der Waals surface area contributed by atoms with Crippen LogP contribution >= 0.6 is 11.6 Å². The van der Waals surface area contributed by atoms with Crippen LogP contribution in [0.15, 0.2) is 42.5 Å². The van der Waals surface area contributed by atoms with Crippen molar-refractivity contribution in [3.63, 3.8) is 0 Å². The second-order valence-corrected chi connectivity index (χ2v) is 6.94. The summed E-state index contributed by atoms with van der Waals surface area (Å²) in [5.41, 5.74) is 2.21. The van der Waals surface area contributed by atoms with Crippen molar-refractivity contribution in [1.29, 1.82) is 0 Å². The van der Waals surface area contributed by atoms with E-state index in [0.29, 0.717) is 42.4 Å². The van der Waals surface area contributed by atoms with Crippen molar-refractivity contribution in [3.8, 4) is 5.75 Å². The molecule has 1 atom stereocenters. The quantitative estimate of drug-likeness (QED) is 0.844. The van der Waals surface area contributed by atoms with E-state index in [4.69, 9.17) is 16.3 Å². The van der Waals surface area contributed by atoms with Crippen LogP contribution in [0.5, 0.6) is 5.75 Å². The number of anilines is 1. The Kier molecular flexibility index (Phi) is 6.01. The first-order valence-corrected chi connectivity index (χ1v) is 9.51. The van der Waals surface area contributed by atoms with Gasteiger partial charge in [-0.3, -0.25) is 9.59 Å². The SMILES string of the molecule is CCN(CC)C(=O)c1ccc(NC(=O)[C@@H]2COc3ccc(Cl)cc3C2)cc1. The van der Waals surface area contributed by atoms with Crippen molar-refractivity contribution >= 4 is 29.1 Å². The van der Waals surface area contributed by atoms with Gasteiger partial charge in [-0.05, 0) is 68.3 Å². The predicted octanol–water partition coefficient (Wildman–Crippen LogP) is 4.01. The van der Waals surface area contributed by atoms with Gasteiger partial charge in [-0.25, -0.2) is 0 Å². The molecule has 1 heterocycles. The highest BCUT2D eigenvalue weighted by molar-refractivity contribution is 6.30. The number of hydrogen-bond acceptors (Lipinski definition) is 3. The highest BCUT2D eigenvalue weighted by atomic mass is 35.5. The molecule has 0 saturated heterocycles. The standard InChI is InChI=1S/C21H23ClN2O3/c1-3-24(4-2)21(26)14-5-8-18(9-6-14)23-20(25)16-11-15-12-17(22)7-10-19(15)27-13-16/h5-10,12,16H,3-4,11,13H2,1-2H3,(H,23,25)/t16-/m0/s1. The fourth-order valence-electron chi connectivity index (χ4n) is 3.17. The monoisotopic (exact) mass is 386 g/mol. The lowest BCUT2D eigenvalue weighted by Gasteiger charge is -2.24. The van der Waals surface area contributed by atoms with Crippen LogP contribution in [0.3, 0.4) is 0 Å². The molecular weight excluding hydrogens is 364 g/mol. The molecule has 2 aromatic carbocycles. The first-order valence-electron chi connectivity index (χ1n) is 9.13. The number of halogens is 1. The maximum Gasteiger partial charge on any atom is 0.253 e. The van der Waals surface area contributed by atoms with Gasteiger partial charge in [0.2, 0.25) is 5.91 Å². The number of nitrogens with zero attached hydrogens (tertiary/aromatic N) is 1. The zero-order valence-corrected chi connectivity index (χ0v) is 16.3. The Bertz CT molecular complexity index is 832. The number of amides is 2. The van der Waals surface area contributed by atoms with Crippen molar-refractivity contribution in [3.05, 3.63) is 58.6 Å². The first-order chi connectivity index (χ1) is 13.0. The van der Waals surface area contributed by atoms with E-state index in [2.05, 4.69) is 5.32 Å². The van der Waals surface area contributed by atoms with E-state index in [-0.39, 0.29) is 17.7 Å². The van der Waals surface area contributed by atoms with Crippen LogP contribution in [0.4, 0.5) is 5.69 Å². The molecule has 0 saturated carbocycles. The van der Waals surface area contributed by atoms with Crippen LogP contribution in [0.25, 0.3) is 0 Å². The van der Waals surface area contributed by atoms with Gasteiger partial charge in [-0.15, -0.1) is 0 Å². The summed E-state index contributed by atoms with van der Waals surface area (Å²) in [7, 11) is 0. The molecule has 5 nitrogen and oxygen atoms in total. The molecule has 1 aliphatic rings. The van der Waals surface area contributed by atoms with Gasteiger partial charge < -0.3 is 15.0 Å². The summed E-state index contributed by atoms with van der Waals surface area (Å²) in [6, 6.07) is 12.4. The van der Waals surface area contributed by atoms with Crippen molar-refractivity contribution in [2.24, 2.45) is 5.92 Å².